The van der Waals surface area contributed by atoms with Crippen LogP contribution in [-0.4, -0.2) is 24.5 Å². The van der Waals surface area contributed by atoms with Gasteiger partial charge < -0.3 is 5.32 Å². The van der Waals surface area contributed by atoms with Gasteiger partial charge in [-0.2, -0.15) is 0 Å². The van der Waals surface area contributed by atoms with Gasteiger partial charge in [0, 0.05) is 6.42 Å². The molecule has 1 saturated carbocycles. The van der Waals surface area contributed by atoms with E-state index in [-0.39, 0.29) is 15.4 Å². The molecule has 3 N–H and O–H groups in total. The second-order valence-electron chi connectivity index (χ2n) is 4.32. The van der Waals surface area contributed by atoms with E-state index in [1.54, 1.807) is 0 Å². The molecule has 7 nitrogen and oxygen atoms in total. The van der Waals surface area contributed by atoms with E-state index in [4.69, 9.17) is 5.14 Å². The number of nitrogens with two attached hydrogens (primary N) is 1. The summed E-state index contributed by atoms with van der Waals surface area (Å²) >= 11 is 0.759. The lowest BCUT2D eigenvalue weighted by atomic mass is 10.0. The molecule has 0 unspecified atom stereocenters. The quantitative estimate of drug-likeness (QED) is 0.792. The predicted molar refractivity (Wildman–Crippen MR) is 66.5 cm³/mol. The summed E-state index contributed by atoms with van der Waals surface area (Å²) in [5, 5.41) is 14.6. The first-order valence-electron chi connectivity index (χ1n) is 5.61. The van der Waals surface area contributed by atoms with Crippen LogP contribution in [-0.2, 0) is 14.8 Å². The molecule has 0 saturated heterocycles. The van der Waals surface area contributed by atoms with Crippen molar-refractivity contribution < 1.29 is 13.2 Å². The van der Waals surface area contributed by atoms with Crippen LogP contribution >= 0.6 is 11.3 Å². The maximum atomic E-state index is 11.7. The second kappa shape index (κ2) is 5.29. The van der Waals surface area contributed by atoms with Crippen molar-refractivity contribution in [3.8, 4) is 0 Å². The summed E-state index contributed by atoms with van der Waals surface area (Å²) in [5.41, 5.74) is 0. The maximum Gasteiger partial charge on any atom is 0.267 e. The third-order valence-electron chi connectivity index (χ3n) is 2.85. The number of nitrogens with zero attached hydrogens (tertiary/aromatic N) is 2. The number of anilines is 1. The fraction of sp³-hybridized carbons (Fsp3) is 0.667. The van der Waals surface area contributed by atoms with Crippen molar-refractivity contribution in [1.82, 2.24) is 10.2 Å². The van der Waals surface area contributed by atoms with Crippen molar-refractivity contribution >= 4 is 32.4 Å². The zero-order valence-electron chi connectivity index (χ0n) is 9.63. The number of primary sulfonamides is 1. The van der Waals surface area contributed by atoms with Crippen LogP contribution in [0.5, 0.6) is 0 Å². The van der Waals surface area contributed by atoms with Gasteiger partial charge in [-0.15, -0.1) is 10.2 Å². The maximum absolute atomic E-state index is 11.7. The van der Waals surface area contributed by atoms with E-state index < -0.39 is 10.0 Å². The number of sulfonamides is 1. The minimum Gasteiger partial charge on any atom is -0.300 e. The molecule has 9 heteroatoms. The predicted octanol–water partition coefficient (Wildman–Crippen LogP) is 0.704. The molecule has 1 heterocycles. The number of rotatable bonds is 4. The normalized spacial score (nSPS) is 16.9. The highest BCUT2D eigenvalue weighted by Gasteiger charge is 2.20. The molecule has 1 aromatic heterocycles. The highest BCUT2D eigenvalue weighted by molar-refractivity contribution is 7.91. The largest absolute Gasteiger partial charge is 0.300 e. The van der Waals surface area contributed by atoms with Crippen LogP contribution in [0.4, 0.5) is 5.13 Å². The van der Waals surface area contributed by atoms with Crippen LogP contribution in [0.2, 0.25) is 0 Å². The summed E-state index contributed by atoms with van der Waals surface area (Å²) in [4.78, 5) is 11.7. The smallest absolute Gasteiger partial charge is 0.267 e. The van der Waals surface area contributed by atoms with E-state index in [1.807, 2.05) is 0 Å². The van der Waals surface area contributed by atoms with Gasteiger partial charge in [0.2, 0.25) is 15.4 Å². The Bertz CT molecular complexity index is 534. The molecule has 1 fully saturated rings. The minimum absolute atomic E-state index is 0.154. The summed E-state index contributed by atoms with van der Waals surface area (Å²) in [6.45, 7) is 0. The van der Waals surface area contributed by atoms with Crippen molar-refractivity contribution in [3.05, 3.63) is 0 Å². The molecule has 0 aliphatic heterocycles. The molecular weight excluding hydrogens is 276 g/mol. The second-order valence-corrected chi connectivity index (χ2v) is 7.03. The average Bonchev–Trinajstić information content (AvgIpc) is 2.87. The SMILES string of the molecule is NS(=O)(=O)c1nnc(NC(=O)CC2CCCC2)s1. The van der Waals surface area contributed by atoms with Crippen LogP contribution in [0, 0.1) is 5.92 Å². The number of hydrogen-bond donors (Lipinski definition) is 2. The Balaban J connectivity index is 1.92. The summed E-state index contributed by atoms with van der Waals surface area (Å²) < 4.78 is 21.7. The minimum atomic E-state index is -3.85. The van der Waals surface area contributed by atoms with Gasteiger partial charge in [0.05, 0.1) is 0 Å². The highest BCUT2D eigenvalue weighted by Crippen LogP contribution is 2.28. The third-order valence-corrected chi connectivity index (χ3v) is 4.99. The van der Waals surface area contributed by atoms with Crippen molar-refractivity contribution in [1.29, 1.82) is 0 Å². The van der Waals surface area contributed by atoms with Gasteiger partial charge in [-0.05, 0) is 18.8 Å². The summed E-state index contributed by atoms with van der Waals surface area (Å²) in [7, 11) is -3.85. The molecule has 0 aromatic carbocycles. The Morgan fingerprint density at radius 3 is 2.61 bits per heavy atom. The Kier molecular flexibility index (Phi) is 3.93. The van der Waals surface area contributed by atoms with Crippen molar-refractivity contribution in [3.63, 3.8) is 0 Å². The number of aromatic nitrogens is 2. The van der Waals surface area contributed by atoms with E-state index in [0.717, 1.165) is 24.2 Å². The molecule has 18 heavy (non-hydrogen) atoms. The van der Waals surface area contributed by atoms with Gasteiger partial charge >= 0.3 is 0 Å². The van der Waals surface area contributed by atoms with Gasteiger partial charge in [0.25, 0.3) is 10.0 Å². The molecular formula is C9H14N4O3S2. The molecule has 0 bridgehead atoms. The Labute approximate surface area is 109 Å². The molecule has 0 atom stereocenters. The molecule has 1 aromatic rings. The van der Waals surface area contributed by atoms with Crippen molar-refractivity contribution in [2.75, 3.05) is 5.32 Å². The summed E-state index contributed by atoms with van der Waals surface area (Å²) in [6.07, 6.45) is 4.95. The van der Waals surface area contributed by atoms with E-state index in [0.29, 0.717) is 12.3 Å². The molecule has 2 rings (SSSR count). The van der Waals surface area contributed by atoms with Gasteiger partial charge in [0.15, 0.2) is 0 Å². The average molecular weight is 290 g/mol. The molecule has 1 amide bonds. The molecule has 0 spiro atoms. The molecule has 0 radical (unpaired) electrons. The van der Waals surface area contributed by atoms with Gasteiger partial charge in [-0.25, -0.2) is 13.6 Å². The Morgan fingerprint density at radius 2 is 2.06 bits per heavy atom. The van der Waals surface area contributed by atoms with Crippen LogP contribution in [0.25, 0.3) is 0 Å². The first-order valence-corrected chi connectivity index (χ1v) is 7.97. The first-order chi connectivity index (χ1) is 8.45. The third kappa shape index (κ3) is 3.47. The lowest BCUT2D eigenvalue weighted by Gasteiger charge is -2.06. The molecule has 1 aliphatic rings. The Hall–Kier alpha value is -1.06. The Morgan fingerprint density at radius 1 is 1.39 bits per heavy atom. The summed E-state index contributed by atoms with van der Waals surface area (Å²) in [6, 6.07) is 0. The van der Waals surface area contributed by atoms with Gasteiger partial charge in [-0.3, -0.25) is 4.79 Å². The number of hydrogen-bond acceptors (Lipinski definition) is 6. The number of amides is 1. The van der Waals surface area contributed by atoms with E-state index >= 15 is 0 Å². The number of carbonyl (C=O) groups excluding carboxylic acids is 1. The van der Waals surface area contributed by atoms with E-state index in [2.05, 4.69) is 15.5 Å². The van der Waals surface area contributed by atoms with Gasteiger partial charge in [-0.1, -0.05) is 24.2 Å². The van der Waals surface area contributed by atoms with Crippen LogP contribution in [0.15, 0.2) is 4.34 Å². The van der Waals surface area contributed by atoms with Crippen LogP contribution in [0.1, 0.15) is 32.1 Å². The van der Waals surface area contributed by atoms with Crippen LogP contribution < -0.4 is 10.5 Å². The highest BCUT2D eigenvalue weighted by atomic mass is 32.2. The van der Waals surface area contributed by atoms with Crippen molar-refractivity contribution in [2.45, 2.75) is 36.4 Å². The van der Waals surface area contributed by atoms with Crippen LogP contribution in [0.3, 0.4) is 0 Å². The van der Waals surface area contributed by atoms with Gasteiger partial charge in [0.1, 0.15) is 0 Å². The topological polar surface area (TPSA) is 115 Å². The summed E-state index contributed by atoms with van der Waals surface area (Å²) in [5.74, 6) is 0.273. The number of nitrogens with one attached hydrogen (secondary N) is 1. The zero-order chi connectivity index (χ0) is 13.2. The molecule has 1 aliphatic carbocycles. The van der Waals surface area contributed by atoms with E-state index in [9.17, 15) is 13.2 Å². The van der Waals surface area contributed by atoms with E-state index in [1.165, 1.54) is 12.8 Å². The fourth-order valence-corrected chi connectivity index (χ4v) is 3.37. The lowest BCUT2D eigenvalue weighted by Crippen LogP contribution is -2.14. The number of carbonyl (C=O) groups is 1. The standard InChI is InChI=1S/C9H14N4O3S2/c10-18(15,16)9-13-12-8(17-9)11-7(14)5-6-3-1-2-4-6/h6H,1-5H2,(H2,10,15,16)(H,11,12,14). The fourth-order valence-electron chi connectivity index (χ4n) is 2.02. The first kappa shape index (κ1) is 13.4. The zero-order valence-corrected chi connectivity index (χ0v) is 11.3. The monoisotopic (exact) mass is 290 g/mol. The van der Waals surface area contributed by atoms with Crippen molar-refractivity contribution in [2.24, 2.45) is 11.1 Å². The molecule has 100 valence electrons. The lowest BCUT2D eigenvalue weighted by molar-refractivity contribution is -0.117.